The molecule has 1 saturated heterocycles. The number of nitrogens with zero attached hydrogens (tertiary/aromatic N) is 3. The topological polar surface area (TPSA) is 69.2 Å². The molecule has 1 amide bonds. The molecule has 2 N–H and O–H groups in total. The van der Waals surface area contributed by atoms with E-state index in [2.05, 4.69) is 53.1 Å². The van der Waals surface area contributed by atoms with Crippen LogP contribution in [0, 0.1) is 0 Å². The first-order chi connectivity index (χ1) is 12.0. The Morgan fingerprint density at radius 2 is 1.85 bits per heavy atom. The van der Waals surface area contributed by atoms with Crippen LogP contribution in [0.15, 0.2) is 4.99 Å². The van der Waals surface area contributed by atoms with Crippen molar-refractivity contribution in [2.75, 3.05) is 33.2 Å². The average molecular weight is 497 g/mol. The van der Waals surface area contributed by atoms with Crippen LogP contribution in [0.2, 0.25) is 0 Å². The maximum Gasteiger partial charge on any atom is 0.407 e. The summed E-state index contributed by atoms with van der Waals surface area (Å²) in [4.78, 5) is 21.0. The Hall–Kier alpha value is -0.770. The minimum atomic E-state index is -0.474. The van der Waals surface area contributed by atoms with Gasteiger partial charge in [-0.1, -0.05) is 0 Å². The Kier molecular flexibility index (Phi) is 11.6. The van der Waals surface area contributed by atoms with E-state index in [9.17, 15) is 4.79 Å². The summed E-state index contributed by atoms with van der Waals surface area (Å²) in [5.74, 6) is 0.894. The van der Waals surface area contributed by atoms with Gasteiger partial charge in [0, 0.05) is 45.3 Å². The lowest BCUT2D eigenvalue weighted by atomic mass is 10.2. The molecule has 1 fully saturated rings. The van der Waals surface area contributed by atoms with Crippen molar-refractivity contribution in [3.8, 4) is 0 Å². The van der Waals surface area contributed by atoms with Gasteiger partial charge in [-0.3, -0.25) is 9.89 Å². The van der Waals surface area contributed by atoms with E-state index in [0.717, 1.165) is 38.6 Å². The highest BCUT2D eigenvalue weighted by molar-refractivity contribution is 14.0. The monoisotopic (exact) mass is 497 g/mol. The van der Waals surface area contributed by atoms with Crippen LogP contribution in [0.3, 0.4) is 0 Å². The summed E-state index contributed by atoms with van der Waals surface area (Å²) >= 11 is 0. The summed E-state index contributed by atoms with van der Waals surface area (Å²) < 4.78 is 5.34. The third-order valence-corrected chi connectivity index (χ3v) is 4.40. The van der Waals surface area contributed by atoms with Gasteiger partial charge in [0.25, 0.3) is 0 Å². The second-order valence-electron chi connectivity index (χ2n) is 8.48. The van der Waals surface area contributed by atoms with Crippen LogP contribution in [0.25, 0.3) is 0 Å². The summed E-state index contributed by atoms with van der Waals surface area (Å²) in [6.45, 7) is 18.0. The van der Waals surface area contributed by atoms with Crippen molar-refractivity contribution in [1.82, 2.24) is 20.4 Å². The highest BCUT2D eigenvalue weighted by Crippen LogP contribution is 2.12. The molecule has 1 aliphatic rings. The van der Waals surface area contributed by atoms with E-state index >= 15 is 0 Å². The molecule has 160 valence electrons. The maximum absolute atomic E-state index is 11.9. The molecule has 0 aromatic carbocycles. The molecule has 1 unspecified atom stereocenters. The van der Waals surface area contributed by atoms with Crippen molar-refractivity contribution in [3.05, 3.63) is 0 Å². The average Bonchev–Trinajstić information content (AvgIpc) is 2.92. The van der Waals surface area contributed by atoms with Crippen LogP contribution in [0.5, 0.6) is 0 Å². The van der Waals surface area contributed by atoms with Crippen LogP contribution in [-0.2, 0) is 4.74 Å². The van der Waals surface area contributed by atoms with Gasteiger partial charge in [-0.25, -0.2) is 4.79 Å². The molecule has 7 nitrogen and oxygen atoms in total. The largest absolute Gasteiger partial charge is 0.444 e. The Morgan fingerprint density at radius 3 is 2.33 bits per heavy atom. The number of hydrogen-bond donors (Lipinski definition) is 2. The van der Waals surface area contributed by atoms with Crippen molar-refractivity contribution in [2.24, 2.45) is 4.99 Å². The first-order valence-electron chi connectivity index (χ1n) is 9.74. The number of halogens is 1. The molecule has 0 spiro atoms. The molecule has 0 bridgehead atoms. The van der Waals surface area contributed by atoms with Gasteiger partial charge in [0.2, 0.25) is 0 Å². The number of nitrogens with one attached hydrogen (secondary N) is 2. The standard InChI is InChI=1S/C19H39N5O2.HI/c1-14(2)24(15(3)4)12-10-21-17(20-8)23-11-9-16(13-23)22-18(25)26-19(5,6)7;/h14-16H,9-13H2,1-8H3,(H,20,21)(H,22,25);1H. The van der Waals surface area contributed by atoms with Crippen LogP contribution in [-0.4, -0.2) is 78.8 Å². The quantitative estimate of drug-likeness (QED) is 0.336. The lowest BCUT2D eigenvalue weighted by Gasteiger charge is -2.31. The third-order valence-electron chi connectivity index (χ3n) is 4.40. The molecule has 1 aliphatic heterocycles. The van der Waals surface area contributed by atoms with Crippen LogP contribution < -0.4 is 10.6 Å². The molecular weight excluding hydrogens is 457 g/mol. The van der Waals surface area contributed by atoms with E-state index in [1.54, 1.807) is 7.05 Å². The number of carbonyl (C=O) groups is 1. The Balaban J connectivity index is 0.00000676. The smallest absolute Gasteiger partial charge is 0.407 e. The summed E-state index contributed by atoms with van der Waals surface area (Å²) in [6, 6.07) is 1.13. The Labute approximate surface area is 182 Å². The molecule has 0 radical (unpaired) electrons. The van der Waals surface area contributed by atoms with Gasteiger partial charge in [-0.2, -0.15) is 0 Å². The summed E-state index contributed by atoms with van der Waals surface area (Å²) in [5.41, 5.74) is -0.474. The van der Waals surface area contributed by atoms with Gasteiger partial charge in [0.05, 0.1) is 6.04 Å². The lowest BCUT2D eigenvalue weighted by Crippen LogP contribution is -2.47. The lowest BCUT2D eigenvalue weighted by molar-refractivity contribution is 0.0507. The number of hydrogen-bond acceptors (Lipinski definition) is 4. The van der Waals surface area contributed by atoms with Gasteiger partial charge in [0.1, 0.15) is 5.60 Å². The summed E-state index contributed by atoms with van der Waals surface area (Å²) in [7, 11) is 1.81. The number of alkyl carbamates (subject to hydrolysis) is 1. The minimum Gasteiger partial charge on any atom is -0.444 e. The van der Waals surface area contributed by atoms with Crippen molar-refractivity contribution in [3.63, 3.8) is 0 Å². The first-order valence-corrected chi connectivity index (χ1v) is 9.74. The predicted molar refractivity (Wildman–Crippen MR) is 123 cm³/mol. The fourth-order valence-electron chi connectivity index (χ4n) is 3.29. The van der Waals surface area contributed by atoms with Crippen molar-refractivity contribution < 1.29 is 9.53 Å². The number of aliphatic imine (C=N–C) groups is 1. The van der Waals surface area contributed by atoms with Gasteiger partial charge in [0.15, 0.2) is 5.96 Å². The number of likely N-dealkylation sites (tertiary alicyclic amines) is 1. The summed E-state index contributed by atoms with van der Waals surface area (Å²) in [5, 5.41) is 6.41. The number of carbonyl (C=O) groups excluding carboxylic acids is 1. The zero-order valence-corrected chi connectivity index (χ0v) is 20.7. The second kappa shape index (κ2) is 11.9. The highest BCUT2D eigenvalue weighted by Gasteiger charge is 2.27. The van der Waals surface area contributed by atoms with Crippen molar-refractivity contribution in [1.29, 1.82) is 0 Å². The maximum atomic E-state index is 11.9. The first kappa shape index (κ1) is 26.2. The highest BCUT2D eigenvalue weighted by atomic mass is 127. The predicted octanol–water partition coefficient (Wildman–Crippen LogP) is 2.90. The van der Waals surface area contributed by atoms with Gasteiger partial charge in [-0.15, -0.1) is 24.0 Å². The van der Waals surface area contributed by atoms with E-state index in [4.69, 9.17) is 4.74 Å². The van der Waals surface area contributed by atoms with Gasteiger partial charge < -0.3 is 20.3 Å². The molecule has 0 saturated carbocycles. The number of amides is 1. The number of rotatable bonds is 6. The van der Waals surface area contributed by atoms with Gasteiger partial charge >= 0.3 is 6.09 Å². The molecule has 27 heavy (non-hydrogen) atoms. The van der Waals surface area contributed by atoms with E-state index in [1.165, 1.54) is 0 Å². The number of ether oxygens (including phenoxy) is 1. The van der Waals surface area contributed by atoms with Crippen molar-refractivity contribution in [2.45, 2.75) is 78.6 Å². The SMILES string of the molecule is CN=C(NCCN(C(C)C)C(C)C)N1CCC(NC(=O)OC(C)(C)C)C1.I. The van der Waals surface area contributed by atoms with Crippen molar-refractivity contribution >= 4 is 36.0 Å². The zero-order valence-electron chi connectivity index (χ0n) is 18.3. The van der Waals surface area contributed by atoms with Crippen LogP contribution in [0.1, 0.15) is 54.9 Å². The summed E-state index contributed by atoms with van der Waals surface area (Å²) in [6.07, 6.45) is 0.543. The fraction of sp³-hybridized carbons (Fsp3) is 0.895. The minimum absolute atomic E-state index is 0. The normalized spacial score (nSPS) is 18.1. The van der Waals surface area contributed by atoms with E-state index in [0.29, 0.717) is 12.1 Å². The fourth-order valence-corrected chi connectivity index (χ4v) is 3.29. The molecule has 1 heterocycles. The third kappa shape index (κ3) is 9.82. The molecular formula is C19H40IN5O2. The van der Waals surface area contributed by atoms with Crippen LogP contribution >= 0.6 is 24.0 Å². The Bertz CT molecular complexity index is 469. The van der Waals surface area contributed by atoms with E-state index in [1.807, 2.05) is 20.8 Å². The zero-order chi connectivity index (χ0) is 19.9. The molecule has 1 atom stereocenters. The Morgan fingerprint density at radius 1 is 1.26 bits per heavy atom. The van der Waals surface area contributed by atoms with Gasteiger partial charge in [-0.05, 0) is 54.9 Å². The van der Waals surface area contributed by atoms with Crippen LogP contribution in [0.4, 0.5) is 4.79 Å². The number of guanidine groups is 1. The molecule has 0 aromatic rings. The molecule has 0 aromatic heterocycles. The molecule has 8 heteroatoms. The molecule has 0 aliphatic carbocycles. The van der Waals surface area contributed by atoms with E-state index in [-0.39, 0.29) is 36.1 Å². The molecule has 1 rings (SSSR count). The second-order valence-corrected chi connectivity index (χ2v) is 8.48. The van der Waals surface area contributed by atoms with E-state index < -0.39 is 5.60 Å².